The van der Waals surface area contributed by atoms with Crippen LogP contribution in [0, 0.1) is 0 Å². The molecule has 1 aliphatic heterocycles. The fourth-order valence-corrected chi connectivity index (χ4v) is 3.18. The van der Waals surface area contributed by atoms with Crippen LogP contribution >= 0.6 is 11.8 Å². The standard InChI is InChI=1S/C15H21NOS/c1-13(17)14-5-7-15(8-6-14)18-12-11-16-9-3-2-4-10-16/h5-8H,2-4,9-12H2,1H3. The Balaban J connectivity index is 1.74. The number of hydrogen-bond donors (Lipinski definition) is 0. The van der Waals surface area contributed by atoms with Gasteiger partial charge in [0.2, 0.25) is 0 Å². The van der Waals surface area contributed by atoms with Crippen molar-refractivity contribution in [2.24, 2.45) is 0 Å². The van der Waals surface area contributed by atoms with E-state index in [1.165, 1.54) is 43.8 Å². The topological polar surface area (TPSA) is 20.3 Å². The highest BCUT2D eigenvalue weighted by molar-refractivity contribution is 7.99. The van der Waals surface area contributed by atoms with Crippen LogP contribution < -0.4 is 0 Å². The van der Waals surface area contributed by atoms with Crippen LogP contribution in [0.25, 0.3) is 0 Å². The fraction of sp³-hybridized carbons (Fsp3) is 0.533. The van der Waals surface area contributed by atoms with Crippen molar-refractivity contribution < 1.29 is 4.79 Å². The highest BCUT2D eigenvalue weighted by atomic mass is 32.2. The summed E-state index contributed by atoms with van der Waals surface area (Å²) in [5.74, 6) is 1.28. The number of Topliss-reactive ketones (excluding diaryl/α,β-unsaturated/α-hetero) is 1. The van der Waals surface area contributed by atoms with Crippen molar-refractivity contribution in [3.05, 3.63) is 29.8 Å². The average molecular weight is 263 g/mol. The Morgan fingerprint density at radius 3 is 2.44 bits per heavy atom. The van der Waals surface area contributed by atoms with Gasteiger partial charge in [-0.25, -0.2) is 0 Å². The van der Waals surface area contributed by atoms with Crippen molar-refractivity contribution in [3.63, 3.8) is 0 Å². The lowest BCUT2D eigenvalue weighted by atomic mass is 10.1. The van der Waals surface area contributed by atoms with E-state index in [0.717, 1.165) is 11.3 Å². The van der Waals surface area contributed by atoms with Gasteiger partial charge < -0.3 is 4.90 Å². The van der Waals surface area contributed by atoms with Gasteiger partial charge in [-0.05, 0) is 45.0 Å². The summed E-state index contributed by atoms with van der Waals surface area (Å²) >= 11 is 1.88. The summed E-state index contributed by atoms with van der Waals surface area (Å²) in [5, 5.41) is 0. The van der Waals surface area contributed by atoms with Crippen LogP contribution in [-0.2, 0) is 0 Å². The molecule has 0 N–H and O–H groups in total. The third-order valence-corrected chi connectivity index (χ3v) is 4.38. The molecule has 1 aliphatic rings. The number of carbonyl (C=O) groups excluding carboxylic acids is 1. The van der Waals surface area contributed by atoms with E-state index in [0.29, 0.717) is 0 Å². The molecule has 1 aromatic carbocycles. The molecule has 1 saturated heterocycles. The molecule has 0 radical (unpaired) electrons. The largest absolute Gasteiger partial charge is 0.303 e. The molecule has 0 unspecified atom stereocenters. The first-order valence-electron chi connectivity index (χ1n) is 6.72. The van der Waals surface area contributed by atoms with Crippen LogP contribution in [-0.4, -0.2) is 36.1 Å². The van der Waals surface area contributed by atoms with Crippen molar-refractivity contribution in [1.29, 1.82) is 0 Å². The lowest BCUT2D eigenvalue weighted by Crippen LogP contribution is -2.31. The first-order valence-corrected chi connectivity index (χ1v) is 7.70. The molecule has 1 aromatic rings. The molecule has 1 heterocycles. The number of rotatable bonds is 5. The molecule has 0 atom stereocenters. The summed E-state index contributed by atoms with van der Waals surface area (Å²) in [6, 6.07) is 7.95. The highest BCUT2D eigenvalue weighted by Gasteiger charge is 2.09. The second-order valence-electron chi connectivity index (χ2n) is 4.83. The van der Waals surface area contributed by atoms with E-state index < -0.39 is 0 Å². The molecule has 3 heteroatoms. The van der Waals surface area contributed by atoms with Gasteiger partial charge in [0.1, 0.15) is 0 Å². The number of thioether (sulfide) groups is 1. The summed E-state index contributed by atoms with van der Waals surface area (Å²) in [5.41, 5.74) is 0.801. The van der Waals surface area contributed by atoms with E-state index in [1.54, 1.807) is 6.92 Å². The second-order valence-corrected chi connectivity index (χ2v) is 6.00. The number of piperidine rings is 1. The quantitative estimate of drug-likeness (QED) is 0.599. The van der Waals surface area contributed by atoms with Crippen molar-refractivity contribution in [1.82, 2.24) is 4.90 Å². The van der Waals surface area contributed by atoms with E-state index in [9.17, 15) is 4.79 Å². The zero-order valence-electron chi connectivity index (χ0n) is 11.0. The minimum absolute atomic E-state index is 0.139. The van der Waals surface area contributed by atoms with E-state index >= 15 is 0 Å². The fourth-order valence-electron chi connectivity index (χ4n) is 2.26. The van der Waals surface area contributed by atoms with Crippen LogP contribution in [0.1, 0.15) is 36.5 Å². The summed E-state index contributed by atoms with van der Waals surface area (Å²) in [6.45, 7) is 5.32. The van der Waals surface area contributed by atoms with Gasteiger partial charge in [0.05, 0.1) is 0 Å². The van der Waals surface area contributed by atoms with Crippen molar-refractivity contribution in [2.45, 2.75) is 31.1 Å². The molecular formula is C15H21NOS. The number of carbonyl (C=O) groups is 1. The summed E-state index contributed by atoms with van der Waals surface area (Å²) in [4.78, 5) is 15.0. The first-order chi connectivity index (χ1) is 8.75. The van der Waals surface area contributed by atoms with Crippen molar-refractivity contribution >= 4 is 17.5 Å². The molecule has 2 rings (SSSR count). The van der Waals surface area contributed by atoms with Crippen LogP contribution in [0.2, 0.25) is 0 Å². The summed E-state index contributed by atoms with van der Waals surface area (Å²) in [6.07, 6.45) is 4.12. The second kappa shape index (κ2) is 6.95. The van der Waals surface area contributed by atoms with Crippen molar-refractivity contribution in [3.8, 4) is 0 Å². The number of likely N-dealkylation sites (tertiary alicyclic amines) is 1. The molecule has 0 bridgehead atoms. The monoisotopic (exact) mass is 263 g/mol. The zero-order valence-corrected chi connectivity index (χ0v) is 11.8. The summed E-state index contributed by atoms with van der Waals surface area (Å²) in [7, 11) is 0. The van der Waals surface area contributed by atoms with Gasteiger partial charge in [-0.1, -0.05) is 18.6 Å². The molecule has 2 nitrogen and oxygen atoms in total. The molecule has 0 aliphatic carbocycles. The van der Waals surface area contributed by atoms with E-state index in [4.69, 9.17) is 0 Å². The maximum absolute atomic E-state index is 11.2. The van der Waals surface area contributed by atoms with Crippen LogP contribution in [0.15, 0.2) is 29.2 Å². The Bertz CT molecular complexity index is 382. The number of hydrogen-bond acceptors (Lipinski definition) is 3. The lowest BCUT2D eigenvalue weighted by molar-refractivity contribution is 0.101. The maximum Gasteiger partial charge on any atom is 0.159 e. The Morgan fingerprint density at radius 1 is 1.17 bits per heavy atom. The molecule has 98 valence electrons. The molecule has 1 fully saturated rings. The minimum atomic E-state index is 0.139. The van der Waals surface area contributed by atoms with Crippen LogP contribution in [0.5, 0.6) is 0 Å². The third-order valence-electron chi connectivity index (χ3n) is 3.39. The van der Waals surface area contributed by atoms with E-state index in [-0.39, 0.29) is 5.78 Å². The van der Waals surface area contributed by atoms with Gasteiger partial charge in [-0.3, -0.25) is 4.79 Å². The molecule has 0 amide bonds. The summed E-state index contributed by atoms with van der Waals surface area (Å²) < 4.78 is 0. The molecule has 0 saturated carbocycles. The maximum atomic E-state index is 11.2. The molecule has 0 spiro atoms. The smallest absolute Gasteiger partial charge is 0.159 e. The minimum Gasteiger partial charge on any atom is -0.303 e. The first kappa shape index (κ1) is 13.6. The molecule has 0 aromatic heterocycles. The van der Waals surface area contributed by atoms with Gasteiger partial charge in [-0.2, -0.15) is 0 Å². The average Bonchev–Trinajstić information content (AvgIpc) is 2.40. The Hall–Kier alpha value is -0.800. The van der Waals surface area contributed by atoms with Crippen LogP contribution in [0.3, 0.4) is 0 Å². The van der Waals surface area contributed by atoms with E-state index in [2.05, 4.69) is 17.0 Å². The van der Waals surface area contributed by atoms with Gasteiger partial charge >= 0.3 is 0 Å². The lowest BCUT2D eigenvalue weighted by Gasteiger charge is -2.26. The van der Waals surface area contributed by atoms with Crippen LogP contribution in [0.4, 0.5) is 0 Å². The molecule has 18 heavy (non-hydrogen) atoms. The Kier molecular flexibility index (Phi) is 5.26. The van der Waals surface area contributed by atoms with Gasteiger partial charge in [-0.15, -0.1) is 11.8 Å². The SMILES string of the molecule is CC(=O)c1ccc(SCCN2CCCCC2)cc1. The number of benzene rings is 1. The predicted octanol–water partition coefficient (Wildman–Crippen LogP) is 3.47. The Morgan fingerprint density at radius 2 is 1.83 bits per heavy atom. The number of nitrogens with zero attached hydrogens (tertiary/aromatic N) is 1. The predicted molar refractivity (Wildman–Crippen MR) is 77.5 cm³/mol. The van der Waals surface area contributed by atoms with Gasteiger partial charge in [0, 0.05) is 22.8 Å². The van der Waals surface area contributed by atoms with Crippen molar-refractivity contribution in [2.75, 3.05) is 25.4 Å². The van der Waals surface area contributed by atoms with Gasteiger partial charge in [0.25, 0.3) is 0 Å². The Labute approximate surface area is 114 Å². The van der Waals surface area contributed by atoms with Gasteiger partial charge in [0.15, 0.2) is 5.78 Å². The third kappa shape index (κ3) is 4.14. The highest BCUT2D eigenvalue weighted by Crippen LogP contribution is 2.19. The zero-order chi connectivity index (χ0) is 12.8. The number of ketones is 1. The molecular weight excluding hydrogens is 242 g/mol. The van der Waals surface area contributed by atoms with E-state index in [1.807, 2.05) is 23.9 Å². The normalized spacial score (nSPS) is 16.7.